The van der Waals surface area contributed by atoms with Crippen molar-refractivity contribution in [2.24, 2.45) is 0 Å². The lowest BCUT2D eigenvalue weighted by molar-refractivity contribution is -0.137. The molecule has 0 saturated heterocycles. The number of carboxylic acids is 1. The van der Waals surface area contributed by atoms with Crippen LogP contribution < -0.4 is 4.31 Å². The number of carbonyl (C=O) groups is 1. The van der Waals surface area contributed by atoms with E-state index in [4.69, 9.17) is 11.6 Å². The Balaban J connectivity index is 2.56. The van der Waals surface area contributed by atoms with E-state index in [0.29, 0.717) is 10.7 Å². The molecule has 0 aliphatic carbocycles. The quantitative estimate of drug-likeness (QED) is 0.816. The van der Waals surface area contributed by atoms with Gasteiger partial charge >= 0.3 is 5.97 Å². The maximum Gasteiger partial charge on any atom is 0.327 e. The standard InChI is InChI=1S/C18H20ClNO4S/c1-12(2)14-4-8-16(9-5-14)20(13(3)18(21)22)25(23,24)17-10-6-15(19)7-11-17/h4-13H,1-3H3,(H,21,22). The van der Waals surface area contributed by atoms with Gasteiger partial charge in [0.1, 0.15) is 6.04 Å². The summed E-state index contributed by atoms with van der Waals surface area (Å²) in [6.45, 7) is 5.39. The third-order valence-corrected chi connectivity index (χ3v) is 6.06. The van der Waals surface area contributed by atoms with Gasteiger partial charge in [0.25, 0.3) is 10.0 Å². The van der Waals surface area contributed by atoms with Crippen molar-refractivity contribution in [2.45, 2.75) is 37.6 Å². The van der Waals surface area contributed by atoms with Gasteiger partial charge in [-0.2, -0.15) is 0 Å². The summed E-state index contributed by atoms with van der Waals surface area (Å²) in [4.78, 5) is 11.5. The average molecular weight is 382 g/mol. The minimum Gasteiger partial charge on any atom is -0.480 e. The molecule has 1 atom stereocenters. The van der Waals surface area contributed by atoms with Gasteiger partial charge in [0.2, 0.25) is 0 Å². The molecule has 0 bridgehead atoms. The number of aliphatic carboxylic acids is 1. The zero-order valence-corrected chi connectivity index (χ0v) is 15.8. The van der Waals surface area contributed by atoms with Gasteiger partial charge in [0, 0.05) is 5.02 Å². The monoisotopic (exact) mass is 381 g/mol. The second-order valence-corrected chi connectivity index (χ2v) is 8.27. The van der Waals surface area contributed by atoms with E-state index in [0.717, 1.165) is 9.87 Å². The van der Waals surface area contributed by atoms with E-state index in [1.54, 1.807) is 24.3 Å². The summed E-state index contributed by atoms with van der Waals surface area (Å²) in [6, 6.07) is 11.2. The molecular formula is C18H20ClNO4S. The normalized spacial score (nSPS) is 12.8. The van der Waals surface area contributed by atoms with Crippen molar-refractivity contribution >= 4 is 33.3 Å². The first-order valence-electron chi connectivity index (χ1n) is 7.77. The van der Waals surface area contributed by atoms with Crippen molar-refractivity contribution in [3.63, 3.8) is 0 Å². The summed E-state index contributed by atoms with van der Waals surface area (Å²) >= 11 is 5.82. The number of benzene rings is 2. The zero-order valence-electron chi connectivity index (χ0n) is 14.2. The number of hydrogen-bond acceptors (Lipinski definition) is 3. The molecule has 0 aromatic heterocycles. The van der Waals surface area contributed by atoms with Crippen molar-refractivity contribution < 1.29 is 18.3 Å². The lowest BCUT2D eigenvalue weighted by Crippen LogP contribution is -2.43. The van der Waals surface area contributed by atoms with Crippen molar-refractivity contribution in [3.05, 3.63) is 59.1 Å². The van der Waals surface area contributed by atoms with Crippen LogP contribution in [0, 0.1) is 0 Å². The molecule has 134 valence electrons. The van der Waals surface area contributed by atoms with Crippen LogP contribution in [0.1, 0.15) is 32.3 Å². The fraction of sp³-hybridized carbons (Fsp3) is 0.278. The minimum absolute atomic E-state index is 0.0158. The number of carboxylic acid groups (broad SMARTS) is 1. The maximum absolute atomic E-state index is 13.0. The highest BCUT2D eigenvalue weighted by molar-refractivity contribution is 7.92. The molecule has 0 aliphatic heterocycles. The molecule has 1 unspecified atom stereocenters. The molecular weight excluding hydrogens is 362 g/mol. The molecule has 25 heavy (non-hydrogen) atoms. The van der Waals surface area contributed by atoms with Crippen LogP contribution in [-0.2, 0) is 14.8 Å². The van der Waals surface area contributed by atoms with Gasteiger partial charge in [-0.05, 0) is 54.8 Å². The Morgan fingerprint density at radius 2 is 1.52 bits per heavy atom. The number of hydrogen-bond donors (Lipinski definition) is 1. The van der Waals surface area contributed by atoms with Crippen LogP contribution in [-0.4, -0.2) is 25.5 Å². The minimum atomic E-state index is -4.05. The van der Waals surface area contributed by atoms with Crippen LogP contribution >= 0.6 is 11.6 Å². The fourth-order valence-corrected chi connectivity index (χ4v) is 4.14. The van der Waals surface area contributed by atoms with Gasteiger partial charge in [0.15, 0.2) is 0 Å². The first kappa shape index (κ1) is 19.3. The molecule has 5 nitrogen and oxygen atoms in total. The van der Waals surface area contributed by atoms with Crippen LogP contribution in [0.4, 0.5) is 5.69 Å². The van der Waals surface area contributed by atoms with E-state index >= 15 is 0 Å². The number of anilines is 1. The lowest BCUT2D eigenvalue weighted by Gasteiger charge is -2.28. The third kappa shape index (κ3) is 4.14. The molecule has 1 N–H and O–H groups in total. The predicted molar refractivity (Wildman–Crippen MR) is 98.7 cm³/mol. The number of rotatable bonds is 6. The first-order valence-corrected chi connectivity index (χ1v) is 9.59. The summed E-state index contributed by atoms with van der Waals surface area (Å²) < 4.78 is 27.0. The second kappa shape index (κ2) is 7.45. The van der Waals surface area contributed by atoms with Crippen LogP contribution in [0.5, 0.6) is 0 Å². The Kier molecular flexibility index (Phi) is 5.75. The summed E-state index contributed by atoms with van der Waals surface area (Å²) in [5.41, 5.74) is 1.34. The van der Waals surface area contributed by atoms with E-state index in [2.05, 4.69) is 0 Å². The predicted octanol–water partition coefficient (Wildman–Crippen LogP) is 4.13. The van der Waals surface area contributed by atoms with Gasteiger partial charge in [-0.15, -0.1) is 0 Å². The van der Waals surface area contributed by atoms with E-state index in [1.807, 2.05) is 13.8 Å². The Morgan fingerprint density at radius 1 is 1.00 bits per heavy atom. The maximum atomic E-state index is 13.0. The third-order valence-electron chi connectivity index (χ3n) is 3.89. The van der Waals surface area contributed by atoms with Crippen LogP contribution in [0.3, 0.4) is 0 Å². The molecule has 0 heterocycles. The van der Waals surface area contributed by atoms with Gasteiger partial charge in [-0.3, -0.25) is 4.31 Å². The molecule has 2 aromatic rings. The Morgan fingerprint density at radius 3 is 1.96 bits per heavy atom. The summed E-state index contributed by atoms with van der Waals surface area (Å²) in [5.74, 6) is -0.947. The van der Waals surface area contributed by atoms with Crippen molar-refractivity contribution in [1.29, 1.82) is 0 Å². The van der Waals surface area contributed by atoms with Gasteiger partial charge < -0.3 is 5.11 Å². The summed E-state index contributed by atoms with van der Waals surface area (Å²) in [5, 5.41) is 9.78. The van der Waals surface area contributed by atoms with Crippen molar-refractivity contribution in [2.75, 3.05) is 4.31 Å². The van der Waals surface area contributed by atoms with E-state index in [-0.39, 0.29) is 10.8 Å². The van der Waals surface area contributed by atoms with E-state index in [1.165, 1.54) is 31.2 Å². The Hall–Kier alpha value is -2.05. The molecule has 7 heteroatoms. The van der Waals surface area contributed by atoms with E-state index in [9.17, 15) is 18.3 Å². The Labute approximate surface area is 152 Å². The van der Waals surface area contributed by atoms with E-state index < -0.39 is 22.0 Å². The molecule has 0 aliphatic rings. The molecule has 0 saturated carbocycles. The molecule has 0 radical (unpaired) electrons. The average Bonchev–Trinajstić information content (AvgIpc) is 2.55. The molecule has 2 rings (SSSR count). The summed E-state index contributed by atoms with van der Waals surface area (Å²) in [7, 11) is -4.05. The molecule has 0 fully saturated rings. The zero-order chi connectivity index (χ0) is 18.8. The summed E-state index contributed by atoms with van der Waals surface area (Å²) in [6.07, 6.45) is 0. The second-order valence-electron chi connectivity index (χ2n) is 6.02. The van der Waals surface area contributed by atoms with Crippen LogP contribution in [0.2, 0.25) is 5.02 Å². The Bertz CT molecular complexity index is 846. The van der Waals surface area contributed by atoms with Gasteiger partial charge in [-0.25, -0.2) is 13.2 Å². The van der Waals surface area contributed by atoms with Crippen molar-refractivity contribution in [1.82, 2.24) is 0 Å². The molecule has 0 amide bonds. The van der Waals surface area contributed by atoms with Crippen molar-refractivity contribution in [3.8, 4) is 0 Å². The highest BCUT2D eigenvalue weighted by Crippen LogP contribution is 2.28. The smallest absolute Gasteiger partial charge is 0.327 e. The number of nitrogens with zero attached hydrogens (tertiary/aromatic N) is 1. The molecule has 2 aromatic carbocycles. The van der Waals surface area contributed by atoms with Gasteiger partial charge in [-0.1, -0.05) is 37.6 Å². The van der Waals surface area contributed by atoms with Crippen LogP contribution in [0.15, 0.2) is 53.4 Å². The highest BCUT2D eigenvalue weighted by Gasteiger charge is 2.33. The van der Waals surface area contributed by atoms with Gasteiger partial charge in [0.05, 0.1) is 10.6 Å². The molecule has 0 spiro atoms. The SMILES string of the molecule is CC(C)c1ccc(N(C(C)C(=O)O)S(=O)(=O)c2ccc(Cl)cc2)cc1. The fourth-order valence-electron chi connectivity index (χ4n) is 2.40. The van der Waals surface area contributed by atoms with Crippen LogP contribution in [0.25, 0.3) is 0 Å². The highest BCUT2D eigenvalue weighted by atomic mass is 35.5. The lowest BCUT2D eigenvalue weighted by atomic mass is 10.0. The topological polar surface area (TPSA) is 74.7 Å². The largest absolute Gasteiger partial charge is 0.480 e. The number of halogens is 1. The number of sulfonamides is 1. The first-order chi connectivity index (χ1) is 11.6.